The van der Waals surface area contributed by atoms with Gasteiger partial charge in [0.05, 0.1) is 28.3 Å². The van der Waals surface area contributed by atoms with Crippen LogP contribution in [0.2, 0.25) is 5.02 Å². The van der Waals surface area contributed by atoms with Crippen molar-refractivity contribution in [2.75, 3.05) is 44.3 Å². The molecular weight excluding hydrogens is 462 g/mol. The molecule has 0 spiro atoms. The van der Waals surface area contributed by atoms with Gasteiger partial charge in [0.25, 0.3) is 5.91 Å². The number of rotatable bonds is 6. The maximum absolute atomic E-state index is 13.6. The molecule has 1 aliphatic rings. The van der Waals surface area contributed by atoms with E-state index >= 15 is 0 Å². The van der Waals surface area contributed by atoms with E-state index < -0.39 is 5.91 Å². The minimum Gasteiger partial charge on any atom is -0.451 e. The summed E-state index contributed by atoms with van der Waals surface area (Å²) in [5.74, 6) is -0.398. The van der Waals surface area contributed by atoms with Crippen LogP contribution in [-0.2, 0) is 4.74 Å². The van der Waals surface area contributed by atoms with Gasteiger partial charge in [-0.15, -0.1) is 0 Å². The fraction of sp³-hybridized carbons (Fsp3) is 0.292. The largest absolute Gasteiger partial charge is 0.451 e. The lowest BCUT2D eigenvalue weighted by atomic mass is 10.2. The molecule has 0 unspecified atom stereocenters. The van der Waals surface area contributed by atoms with Gasteiger partial charge in [-0.05, 0) is 30.7 Å². The van der Waals surface area contributed by atoms with Gasteiger partial charge >= 0.3 is 0 Å². The van der Waals surface area contributed by atoms with Crippen LogP contribution in [0.15, 0.2) is 57.7 Å². The van der Waals surface area contributed by atoms with E-state index in [2.05, 4.69) is 9.88 Å². The van der Waals surface area contributed by atoms with Crippen LogP contribution in [0, 0.1) is 0 Å². The molecule has 3 heterocycles. The third-order valence-electron chi connectivity index (χ3n) is 5.64. The second-order valence-electron chi connectivity index (χ2n) is 7.82. The Balaban J connectivity index is 1.47. The number of para-hydroxylation sites is 2. The Morgan fingerprint density at radius 2 is 1.97 bits per heavy atom. The van der Waals surface area contributed by atoms with E-state index in [-0.39, 0.29) is 11.2 Å². The molecule has 9 heteroatoms. The van der Waals surface area contributed by atoms with Gasteiger partial charge in [0, 0.05) is 32.2 Å². The summed E-state index contributed by atoms with van der Waals surface area (Å²) in [4.78, 5) is 34.7. The van der Waals surface area contributed by atoms with Crippen LogP contribution in [0.1, 0.15) is 17.0 Å². The Hall–Kier alpha value is -2.78. The molecule has 0 aliphatic carbocycles. The molecule has 170 valence electrons. The lowest BCUT2D eigenvalue weighted by molar-refractivity contribution is 0.0376. The van der Waals surface area contributed by atoms with Gasteiger partial charge in [0.1, 0.15) is 11.1 Å². The van der Waals surface area contributed by atoms with E-state index in [1.54, 1.807) is 35.2 Å². The van der Waals surface area contributed by atoms with Crippen molar-refractivity contribution >= 4 is 55.2 Å². The Morgan fingerprint density at radius 1 is 1.15 bits per heavy atom. The number of hydrogen-bond donors (Lipinski definition) is 0. The zero-order chi connectivity index (χ0) is 22.8. The van der Waals surface area contributed by atoms with Crippen molar-refractivity contribution < 1.29 is 13.9 Å². The van der Waals surface area contributed by atoms with Crippen LogP contribution in [0.4, 0.5) is 5.13 Å². The number of hydrogen-bond acceptors (Lipinski definition) is 7. The van der Waals surface area contributed by atoms with Crippen molar-refractivity contribution in [1.82, 2.24) is 9.88 Å². The highest BCUT2D eigenvalue weighted by Crippen LogP contribution is 2.33. The van der Waals surface area contributed by atoms with Crippen molar-refractivity contribution in [1.29, 1.82) is 0 Å². The molecule has 7 nitrogen and oxygen atoms in total. The predicted octanol–water partition coefficient (Wildman–Crippen LogP) is 4.43. The molecule has 2 aromatic carbocycles. The first-order valence-corrected chi connectivity index (χ1v) is 12.0. The highest BCUT2D eigenvalue weighted by Gasteiger charge is 2.25. The Bertz CT molecular complexity index is 1360. The van der Waals surface area contributed by atoms with Crippen LogP contribution in [0.25, 0.3) is 21.2 Å². The van der Waals surface area contributed by atoms with Crippen molar-refractivity contribution in [2.45, 2.75) is 6.42 Å². The first kappa shape index (κ1) is 22.0. The van der Waals surface area contributed by atoms with Crippen LogP contribution in [0.5, 0.6) is 0 Å². The molecule has 5 rings (SSSR count). The number of ether oxygens (including phenoxy) is 1. The van der Waals surface area contributed by atoms with E-state index in [0.29, 0.717) is 33.2 Å². The van der Waals surface area contributed by atoms with Crippen LogP contribution >= 0.6 is 22.9 Å². The van der Waals surface area contributed by atoms with E-state index in [0.717, 1.165) is 44.0 Å². The van der Waals surface area contributed by atoms with Crippen molar-refractivity contribution in [3.63, 3.8) is 0 Å². The number of fused-ring (bicyclic) bond motifs is 2. The molecule has 0 radical (unpaired) electrons. The number of anilines is 1. The highest BCUT2D eigenvalue weighted by atomic mass is 35.5. The molecule has 1 fully saturated rings. The number of carbonyl (C=O) groups is 1. The number of amides is 1. The number of carbonyl (C=O) groups excluding carboxylic acids is 1. The van der Waals surface area contributed by atoms with E-state index in [4.69, 9.17) is 20.8 Å². The van der Waals surface area contributed by atoms with Crippen molar-refractivity contribution in [2.24, 2.45) is 0 Å². The monoisotopic (exact) mass is 483 g/mol. The minimum atomic E-state index is -0.394. The summed E-state index contributed by atoms with van der Waals surface area (Å²) < 4.78 is 12.1. The Morgan fingerprint density at radius 3 is 2.79 bits per heavy atom. The topological polar surface area (TPSA) is 75.9 Å². The normalized spacial score (nSPS) is 14.7. The van der Waals surface area contributed by atoms with E-state index in [1.807, 2.05) is 12.1 Å². The molecule has 0 saturated carbocycles. The third kappa shape index (κ3) is 4.65. The summed E-state index contributed by atoms with van der Waals surface area (Å²) in [6.45, 7) is 4.47. The lowest BCUT2D eigenvalue weighted by Gasteiger charge is -2.27. The first-order valence-electron chi connectivity index (χ1n) is 10.8. The third-order valence-corrected chi connectivity index (χ3v) is 6.99. The Labute approximate surface area is 199 Å². The molecule has 0 bridgehead atoms. The molecular formula is C24H22ClN3O4S. The minimum absolute atomic E-state index is 0.00424. The van der Waals surface area contributed by atoms with Crippen LogP contribution in [0.3, 0.4) is 0 Å². The van der Waals surface area contributed by atoms with Crippen molar-refractivity contribution in [3.8, 4) is 0 Å². The van der Waals surface area contributed by atoms with Crippen LogP contribution < -0.4 is 10.3 Å². The summed E-state index contributed by atoms with van der Waals surface area (Å²) in [6, 6.07) is 13.7. The fourth-order valence-electron chi connectivity index (χ4n) is 3.92. The maximum Gasteiger partial charge on any atom is 0.295 e. The lowest BCUT2D eigenvalue weighted by Crippen LogP contribution is -2.39. The molecule has 4 aromatic rings. The smallest absolute Gasteiger partial charge is 0.295 e. The van der Waals surface area contributed by atoms with Gasteiger partial charge in [-0.3, -0.25) is 19.4 Å². The van der Waals surface area contributed by atoms with Gasteiger partial charge < -0.3 is 9.15 Å². The standard InChI is InChI=1S/C24H22ClN3O4S/c25-17-6-3-8-21-22(17)26-24(33-21)28(10-4-9-27-11-13-31-14-12-27)23(30)20-15-18(29)16-5-1-2-7-19(16)32-20/h1-3,5-8,15H,4,9-14H2. The summed E-state index contributed by atoms with van der Waals surface area (Å²) >= 11 is 7.72. The number of halogens is 1. The van der Waals surface area contributed by atoms with Gasteiger partial charge in [0.2, 0.25) is 0 Å². The second-order valence-corrected chi connectivity index (χ2v) is 9.23. The molecule has 1 aliphatic heterocycles. The molecule has 2 aromatic heterocycles. The molecule has 0 N–H and O–H groups in total. The quantitative estimate of drug-likeness (QED) is 0.404. The average molecular weight is 484 g/mol. The zero-order valence-corrected chi connectivity index (χ0v) is 19.4. The number of benzene rings is 2. The van der Waals surface area contributed by atoms with Gasteiger partial charge in [-0.1, -0.05) is 41.1 Å². The summed E-state index contributed by atoms with van der Waals surface area (Å²) in [6.07, 6.45) is 0.743. The van der Waals surface area contributed by atoms with E-state index in [9.17, 15) is 9.59 Å². The summed E-state index contributed by atoms with van der Waals surface area (Å²) in [5.41, 5.74) is 0.792. The summed E-state index contributed by atoms with van der Waals surface area (Å²) in [7, 11) is 0. The number of morpholine rings is 1. The summed E-state index contributed by atoms with van der Waals surface area (Å²) in [5, 5.41) is 1.51. The molecule has 1 saturated heterocycles. The zero-order valence-electron chi connectivity index (χ0n) is 17.8. The predicted molar refractivity (Wildman–Crippen MR) is 131 cm³/mol. The van der Waals surface area contributed by atoms with E-state index in [1.165, 1.54) is 17.4 Å². The second kappa shape index (κ2) is 9.61. The SMILES string of the molecule is O=C(c1cc(=O)c2ccccc2o1)N(CCCN1CCOCC1)c1nc2c(Cl)cccc2s1. The highest BCUT2D eigenvalue weighted by molar-refractivity contribution is 7.22. The fourth-order valence-corrected chi connectivity index (χ4v) is 5.21. The molecule has 33 heavy (non-hydrogen) atoms. The van der Waals surface area contributed by atoms with Gasteiger partial charge in [0.15, 0.2) is 16.3 Å². The first-order chi connectivity index (χ1) is 16.1. The molecule has 0 atom stereocenters. The molecule has 1 amide bonds. The number of thiazole rings is 1. The van der Waals surface area contributed by atoms with Crippen LogP contribution in [-0.4, -0.2) is 55.2 Å². The number of nitrogens with zero attached hydrogens (tertiary/aromatic N) is 3. The van der Waals surface area contributed by atoms with Gasteiger partial charge in [-0.2, -0.15) is 0 Å². The Kier molecular flexibility index (Phi) is 6.41. The maximum atomic E-state index is 13.6. The average Bonchev–Trinajstić information content (AvgIpc) is 3.27. The number of aromatic nitrogens is 1. The van der Waals surface area contributed by atoms with Gasteiger partial charge in [-0.25, -0.2) is 4.98 Å². The van der Waals surface area contributed by atoms with Crippen molar-refractivity contribution in [3.05, 3.63) is 69.5 Å².